The number of methoxy groups -OCH3 is 1. The van der Waals surface area contributed by atoms with E-state index < -0.39 is 23.1 Å². The number of alkyl halides is 3. The van der Waals surface area contributed by atoms with E-state index in [1.54, 1.807) is 4.90 Å². The molecule has 1 aromatic carbocycles. The second-order valence-corrected chi connectivity index (χ2v) is 10.9. The Hall–Kier alpha value is -2.13. The first kappa shape index (κ1) is 29.4. The number of fused-ring (bicyclic) bond motifs is 1. The lowest BCUT2D eigenvalue weighted by Gasteiger charge is -2.36. The van der Waals surface area contributed by atoms with Gasteiger partial charge in [0.25, 0.3) is 0 Å². The Morgan fingerprint density at radius 1 is 1.24 bits per heavy atom. The van der Waals surface area contributed by atoms with E-state index in [0.29, 0.717) is 42.5 Å². The van der Waals surface area contributed by atoms with Crippen LogP contribution in [-0.4, -0.2) is 55.7 Å². The van der Waals surface area contributed by atoms with Crippen LogP contribution in [0, 0.1) is 11.3 Å². The molecule has 2 aliphatic heterocycles. The summed E-state index contributed by atoms with van der Waals surface area (Å²) in [5.41, 5.74) is -0.629. The molecule has 1 aromatic rings. The molecule has 2 fully saturated rings. The monoisotopic (exact) mass is 526 g/mol. The van der Waals surface area contributed by atoms with Crippen molar-refractivity contribution in [2.24, 2.45) is 11.3 Å². The van der Waals surface area contributed by atoms with E-state index in [4.69, 9.17) is 9.47 Å². The number of ether oxygens (including phenoxy) is 2. The number of amides is 1. The summed E-state index contributed by atoms with van der Waals surface area (Å²) in [7, 11) is 1.15. The fourth-order valence-electron chi connectivity index (χ4n) is 5.72. The highest BCUT2D eigenvalue weighted by molar-refractivity contribution is 5.92. The molecule has 6 nitrogen and oxygen atoms in total. The molecule has 2 heterocycles. The topological polar surface area (TPSA) is 67.9 Å². The first-order valence-corrected chi connectivity index (χ1v) is 13.4. The van der Waals surface area contributed by atoms with Crippen LogP contribution >= 0.6 is 0 Å². The van der Waals surface area contributed by atoms with E-state index in [9.17, 15) is 22.8 Å². The molecule has 0 bridgehead atoms. The first-order valence-electron chi connectivity index (χ1n) is 13.4. The Morgan fingerprint density at radius 3 is 2.57 bits per heavy atom. The summed E-state index contributed by atoms with van der Waals surface area (Å²) in [6.45, 7) is 10.3. The molecule has 1 saturated carbocycles. The summed E-state index contributed by atoms with van der Waals surface area (Å²) in [6, 6.07) is 2.53. The summed E-state index contributed by atoms with van der Waals surface area (Å²) >= 11 is 0. The highest BCUT2D eigenvalue weighted by atomic mass is 19.4. The van der Waals surface area contributed by atoms with Gasteiger partial charge in [-0.3, -0.25) is 4.79 Å². The highest BCUT2D eigenvalue weighted by Crippen LogP contribution is 2.42. The molecule has 9 heteroatoms. The van der Waals surface area contributed by atoms with Crippen molar-refractivity contribution in [2.45, 2.75) is 91.0 Å². The van der Waals surface area contributed by atoms with Crippen molar-refractivity contribution < 1.29 is 32.2 Å². The summed E-state index contributed by atoms with van der Waals surface area (Å²) in [5, 5.41) is 3.72. The molecule has 0 spiro atoms. The largest absolute Gasteiger partial charge is 0.465 e. The van der Waals surface area contributed by atoms with Gasteiger partial charge in [-0.05, 0) is 61.3 Å². The number of benzene rings is 1. The quantitative estimate of drug-likeness (QED) is 0.535. The van der Waals surface area contributed by atoms with Gasteiger partial charge in [-0.25, -0.2) is 4.79 Å². The van der Waals surface area contributed by atoms with Crippen molar-refractivity contribution in [3.8, 4) is 0 Å². The van der Waals surface area contributed by atoms with Gasteiger partial charge < -0.3 is 19.7 Å². The molecule has 1 amide bonds. The van der Waals surface area contributed by atoms with Gasteiger partial charge in [0.1, 0.15) is 0 Å². The predicted molar refractivity (Wildman–Crippen MR) is 135 cm³/mol. The first-order chi connectivity index (χ1) is 17.4. The van der Waals surface area contributed by atoms with Crippen LogP contribution < -0.4 is 5.32 Å². The number of rotatable bonds is 4. The summed E-state index contributed by atoms with van der Waals surface area (Å²) in [4.78, 5) is 27.4. The number of halogens is 3. The van der Waals surface area contributed by atoms with E-state index in [1.165, 1.54) is 6.42 Å². The van der Waals surface area contributed by atoms with Crippen molar-refractivity contribution in [1.29, 1.82) is 0 Å². The molecule has 4 unspecified atom stereocenters. The summed E-state index contributed by atoms with van der Waals surface area (Å²) in [6.07, 6.45) is 0.259. The molecule has 0 aromatic heterocycles. The Labute approximate surface area is 218 Å². The molecule has 1 aliphatic carbocycles. The molecule has 3 aliphatic rings. The van der Waals surface area contributed by atoms with Crippen LogP contribution in [0.25, 0.3) is 0 Å². The van der Waals surface area contributed by atoms with Crippen molar-refractivity contribution in [2.75, 3.05) is 26.9 Å². The van der Waals surface area contributed by atoms with Gasteiger partial charge in [0.2, 0.25) is 5.91 Å². The van der Waals surface area contributed by atoms with Crippen LogP contribution in [0.3, 0.4) is 0 Å². The van der Waals surface area contributed by atoms with Crippen LogP contribution in [0.5, 0.6) is 0 Å². The third-order valence-electron chi connectivity index (χ3n) is 7.70. The van der Waals surface area contributed by atoms with Crippen LogP contribution in [0.2, 0.25) is 0 Å². The minimum absolute atomic E-state index is 0.0282. The number of hydrogen-bond donors (Lipinski definition) is 1. The maximum absolute atomic E-state index is 13.6. The summed E-state index contributed by atoms with van der Waals surface area (Å²) in [5.74, 6) is -0.401. The minimum atomic E-state index is -4.60. The van der Waals surface area contributed by atoms with Gasteiger partial charge in [0, 0.05) is 37.2 Å². The second-order valence-electron chi connectivity index (χ2n) is 10.9. The maximum Gasteiger partial charge on any atom is 0.416 e. The zero-order valence-corrected chi connectivity index (χ0v) is 22.7. The molecular formula is C28H41F3N2O4. The van der Waals surface area contributed by atoms with Crippen LogP contribution in [-0.2, 0) is 33.4 Å². The standard InChI is InChI=1S/C25H33F3N2O4.C3H8/c1-15-14-34-9-6-21(15)29-18-4-7-24(2,12-18)23(32)30-8-5-19-16(13-30)10-17(25(26,27)28)11-20(19)22(31)33-3;1-3-2/h10-11,15,18,21,29H,4-9,12-14H2,1-3H3;3H2,1-2H3. The number of carbonyl (C=O) groups is 2. The fraction of sp³-hybridized carbons (Fsp3) is 0.714. The Bertz CT molecular complexity index is 967. The second kappa shape index (κ2) is 12.2. The average Bonchev–Trinajstić information content (AvgIpc) is 3.24. The van der Waals surface area contributed by atoms with Crippen molar-refractivity contribution in [1.82, 2.24) is 10.2 Å². The molecule has 1 N–H and O–H groups in total. The molecule has 4 atom stereocenters. The number of esters is 1. The van der Waals surface area contributed by atoms with Gasteiger partial charge in [-0.2, -0.15) is 13.2 Å². The lowest BCUT2D eigenvalue weighted by atomic mass is 9.84. The smallest absolute Gasteiger partial charge is 0.416 e. The normalized spacial score (nSPS) is 27.7. The van der Waals surface area contributed by atoms with Crippen LogP contribution in [0.15, 0.2) is 12.1 Å². The van der Waals surface area contributed by atoms with E-state index >= 15 is 0 Å². The van der Waals surface area contributed by atoms with Crippen LogP contribution in [0.4, 0.5) is 13.2 Å². The Balaban J connectivity index is 0.00000121. The summed E-state index contributed by atoms with van der Waals surface area (Å²) < 4.78 is 50.7. The number of carbonyl (C=O) groups excluding carboxylic acids is 2. The maximum atomic E-state index is 13.6. The molecule has 1 saturated heterocycles. The highest BCUT2D eigenvalue weighted by Gasteiger charge is 2.45. The van der Waals surface area contributed by atoms with Gasteiger partial charge in [0.05, 0.1) is 24.8 Å². The van der Waals surface area contributed by atoms with Gasteiger partial charge in [0.15, 0.2) is 0 Å². The van der Waals surface area contributed by atoms with E-state index in [0.717, 1.165) is 51.7 Å². The van der Waals surface area contributed by atoms with E-state index in [-0.39, 0.29) is 24.1 Å². The molecule has 0 radical (unpaired) electrons. The van der Waals surface area contributed by atoms with Crippen molar-refractivity contribution in [3.05, 3.63) is 34.4 Å². The zero-order valence-electron chi connectivity index (χ0n) is 22.7. The SMILES string of the molecule is CCC.COC(=O)c1cc(C(F)(F)F)cc2c1CCN(C(=O)C1(C)CCC(NC3CCOCC3C)C1)C2. The third kappa shape index (κ3) is 6.85. The van der Waals surface area contributed by atoms with Gasteiger partial charge in [-0.15, -0.1) is 0 Å². The molecule has 208 valence electrons. The fourth-order valence-corrected chi connectivity index (χ4v) is 5.72. The lowest BCUT2D eigenvalue weighted by molar-refractivity contribution is -0.142. The number of nitrogens with one attached hydrogen (secondary N) is 1. The molecule has 37 heavy (non-hydrogen) atoms. The molecule has 4 rings (SSSR count). The predicted octanol–water partition coefficient (Wildman–Crippen LogP) is 5.37. The van der Waals surface area contributed by atoms with E-state index in [1.807, 2.05) is 6.92 Å². The Morgan fingerprint density at radius 2 is 1.95 bits per heavy atom. The van der Waals surface area contributed by atoms with E-state index in [2.05, 4.69) is 26.1 Å². The van der Waals surface area contributed by atoms with Crippen molar-refractivity contribution >= 4 is 11.9 Å². The zero-order chi connectivity index (χ0) is 27.4. The van der Waals surface area contributed by atoms with Crippen LogP contribution in [0.1, 0.15) is 86.8 Å². The number of hydrogen-bond acceptors (Lipinski definition) is 5. The van der Waals surface area contributed by atoms with Gasteiger partial charge in [-0.1, -0.05) is 34.1 Å². The van der Waals surface area contributed by atoms with Crippen molar-refractivity contribution in [3.63, 3.8) is 0 Å². The number of nitrogens with zero attached hydrogens (tertiary/aromatic N) is 1. The minimum Gasteiger partial charge on any atom is -0.465 e. The molecular weight excluding hydrogens is 485 g/mol. The Kier molecular flexibility index (Phi) is 9.67. The lowest BCUT2D eigenvalue weighted by Crippen LogP contribution is -2.47. The third-order valence-corrected chi connectivity index (χ3v) is 7.70. The van der Waals surface area contributed by atoms with Gasteiger partial charge >= 0.3 is 12.1 Å². The average molecular weight is 527 g/mol.